The van der Waals surface area contributed by atoms with Crippen LogP contribution in [0.25, 0.3) is 6.08 Å². The number of hydrogen-bond acceptors (Lipinski definition) is 1. The molecule has 1 rings (SSSR count). The molecule has 0 fully saturated rings. The minimum Gasteiger partial charge on any atom is -0.311 e. The molecule has 0 saturated heterocycles. The van der Waals surface area contributed by atoms with Crippen molar-refractivity contribution < 1.29 is 0 Å². The first-order valence-corrected chi connectivity index (χ1v) is 5.68. The van der Waals surface area contributed by atoms with E-state index in [1.807, 2.05) is 6.07 Å². The van der Waals surface area contributed by atoms with Crippen LogP contribution in [0.2, 0.25) is 0 Å². The van der Waals surface area contributed by atoms with Crippen LogP contribution in [-0.4, -0.2) is 12.6 Å². The van der Waals surface area contributed by atoms with Crippen molar-refractivity contribution in [3.05, 3.63) is 41.5 Å². The van der Waals surface area contributed by atoms with Crippen molar-refractivity contribution in [2.75, 3.05) is 6.54 Å². The lowest BCUT2D eigenvalue weighted by molar-refractivity contribution is 0.560. The molecule has 1 nitrogen and oxygen atoms in total. The van der Waals surface area contributed by atoms with E-state index < -0.39 is 0 Å². The third-order valence-corrected chi connectivity index (χ3v) is 2.55. The summed E-state index contributed by atoms with van der Waals surface area (Å²) in [5, 5.41) is 3.48. The Labute approximate surface area is 105 Å². The first-order valence-electron chi connectivity index (χ1n) is 5.68. The topological polar surface area (TPSA) is 12.0 Å². The summed E-state index contributed by atoms with van der Waals surface area (Å²) in [6.07, 6.45) is 3.41. The quantitative estimate of drug-likeness (QED) is 0.822. The molecule has 1 unspecified atom stereocenters. The lowest BCUT2D eigenvalue weighted by Gasteiger charge is -2.11. The average molecular weight is 240 g/mol. The molecule has 16 heavy (non-hydrogen) atoms. The third-order valence-electron chi connectivity index (χ3n) is 2.55. The molecule has 2 heteroatoms. The van der Waals surface area contributed by atoms with Crippen molar-refractivity contribution >= 4 is 18.5 Å². The van der Waals surface area contributed by atoms with E-state index in [2.05, 4.69) is 56.4 Å². The molecule has 1 atom stereocenters. The largest absolute Gasteiger partial charge is 0.311 e. The predicted octanol–water partition coefficient (Wildman–Crippen LogP) is 3.90. The van der Waals surface area contributed by atoms with E-state index in [9.17, 15) is 0 Å². The van der Waals surface area contributed by atoms with Gasteiger partial charge in [-0.2, -0.15) is 0 Å². The standard InChI is InChI=1S/C14H21N.ClH/c1-4-13(3)15-11-12(2)10-14-8-6-5-7-9-14;/h5-10,13,15H,4,11H2,1-3H3;1H. The Balaban J connectivity index is 0.00000225. The summed E-state index contributed by atoms with van der Waals surface area (Å²) in [6.45, 7) is 7.57. The van der Waals surface area contributed by atoms with Crippen LogP contribution in [-0.2, 0) is 0 Å². The van der Waals surface area contributed by atoms with Crippen molar-refractivity contribution in [2.24, 2.45) is 0 Å². The van der Waals surface area contributed by atoms with Gasteiger partial charge in [0, 0.05) is 12.6 Å². The van der Waals surface area contributed by atoms with Gasteiger partial charge in [0.1, 0.15) is 0 Å². The summed E-state index contributed by atoms with van der Waals surface area (Å²) >= 11 is 0. The molecule has 0 aromatic heterocycles. The molecular weight excluding hydrogens is 218 g/mol. The van der Waals surface area contributed by atoms with Gasteiger partial charge in [-0.3, -0.25) is 0 Å². The van der Waals surface area contributed by atoms with Crippen molar-refractivity contribution in [1.29, 1.82) is 0 Å². The highest BCUT2D eigenvalue weighted by molar-refractivity contribution is 5.85. The van der Waals surface area contributed by atoms with Gasteiger partial charge in [-0.15, -0.1) is 12.4 Å². The van der Waals surface area contributed by atoms with Crippen LogP contribution >= 0.6 is 12.4 Å². The van der Waals surface area contributed by atoms with Crippen molar-refractivity contribution in [3.63, 3.8) is 0 Å². The molecule has 1 N–H and O–H groups in total. The van der Waals surface area contributed by atoms with E-state index in [1.54, 1.807) is 0 Å². The minimum atomic E-state index is 0. The highest BCUT2D eigenvalue weighted by atomic mass is 35.5. The fourth-order valence-electron chi connectivity index (χ4n) is 1.36. The molecule has 0 aliphatic rings. The highest BCUT2D eigenvalue weighted by Crippen LogP contribution is 2.05. The summed E-state index contributed by atoms with van der Waals surface area (Å²) in [5.41, 5.74) is 2.66. The zero-order valence-corrected chi connectivity index (χ0v) is 11.2. The molecule has 0 aliphatic carbocycles. The smallest absolute Gasteiger partial charge is 0.0167 e. The summed E-state index contributed by atoms with van der Waals surface area (Å²) in [4.78, 5) is 0. The minimum absolute atomic E-state index is 0. The van der Waals surface area contributed by atoms with E-state index >= 15 is 0 Å². The lowest BCUT2D eigenvalue weighted by atomic mass is 10.1. The summed E-state index contributed by atoms with van der Waals surface area (Å²) in [5.74, 6) is 0. The van der Waals surface area contributed by atoms with Gasteiger partial charge in [0.25, 0.3) is 0 Å². The second kappa shape index (κ2) is 8.37. The maximum Gasteiger partial charge on any atom is 0.0167 e. The van der Waals surface area contributed by atoms with Crippen LogP contribution in [0.1, 0.15) is 32.8 Å². The molecule has 0 amide bonds. The Kier molecular flexibility index (Phi) is 7.96. The van der Waals surface area contributed by atoms with Crippen LogP contribution in [0.5, 0.6) is 0 Å². The maximum atomic E-state index is 3.48. The zero-order valence-electron chi connectivity index (χ0n) is 10.4. The van der Waals surface area contributed by atoms with Crippen molar-refractivity contribution in [2.45, 2.75) is 33.2 Å². The van der Waals surface area contributed by atoms with Crippen molar-refractivity contribution in [1.82, 2.24) is 5.32 Å². The molecule has 0 bridgehead atoms. The Bertz CT molecular complexity index is 306. The van der Waals surface area contributed by atoms with E-state index in [4.69, 9.17) is 0 Å². The Hall–Kier alpha value is -0.790. The molecule has 0 aliphatic heterocycles. The van der Waals surface area contributed by atoms with Gasteiger partial charge in [-0.05, 0) is 25.8 Å². The first kappa shape index (κ1) is 15.2. The molecular formula is C14H22ClN. The fraction of sp³-hybridized carbons (Fsp3) is 0.429. The highest BCUT2D eigenvalue weighted by Gasteiger charge is 1.96. The monoisotopic (exact) mass is 239 g/mol. The van der Waals surface area contributed by atoms with E-state index in [0.717, 1.165) is 6.54 Å². The van der Waals surface area contributed by atoms with Gasteiger partial charge in [-0.25, -0.2) is 0 Å². The zero-order chi connectivity index (χ0) is 11.1. The van der Waals surface area contributed by atoms with Gasteiger partial charge in [0.2, 0.25) is 0 Å². The second-order valence-electron chi connectivity index (χ2n) is 4.09. The SMILES string of the molecule is CCC(C)NCC(C)=Cc1ccccc1.Cl. The van der Waals surface area contributed by atoms with E-state index in [0.29, 0.717) is 6.04 Å². The molecule has 1 aromatic rings. The van der Waals surface area contributed by atoms with Gasteiger partial charge >= 0.3 is 0 Å². The summed E-state index contributed by atoms with van der Waals surface area (Å²) < 4.78 is 0. The lowest BCUT2D eigenvalue weighted by Crippen LogP contribution is -2.26. The number of benzene rings is 1. The normalized spacial score (nSPS) is 13.1. The number of rotatable bonds is 5. The van der Waals surface area contributed by atoms with Gasteiger partial charge in [0.15, 0.2) is 0 Å². The average Bonchev–Trinajstić information content (AvgIpc) is 2.27. The Morgan fingerprint density at radius 1 is 1.31 bits per heavy atom. The fourth-order valence-corrected chi connectivity index (χ4v) is 1.36. The Morgan fingerprint density at radius 3 is 2.50 bits per heavy atom. The maximum absolute atomic E-state index is 3.48. The van der Waals surface area contributed by atoms with E-state index in [-0.39, 0.29) is 12.4 Å². The Morgan fingerprint density at radius 2 is 1.94 bits per heavy atom. The molecule has 0 radical (unpaired) electrons. The number of halogens is 1. The van der Waals surface area contributed by atoms with Gasteiger partial charge in [-0.1, -0.05) is 48.9 Å². The van der Waals surface area contributed by atoms with E-state index in [1.165, 1.54) is 17.6 Å². The van der Waals surface area contributed by atoms with Crippen LogP contribution in [0.4, 0.5) is 0 Å². The molecule has 0 heterocycles. The third kappa shape index (κ3) is 5.94. The van der Waals surface area contributed by atoms with Crippen molar-refractivity contribution in [3.8, 4) is 0 Å². The molecule has 1 aromatic carbocycles. The predicted molar refractivity (Wildman–Crippen MR) is 75.1 cm³/mol. The van der Waals surface area contributed by atoms with Crippen LogP contribution < -0.4 is 5.32 Å². The van der Waals surface area contributed by atoms with Crippen LogP contribution in [0, 0.1) is 0 Å². The second-order valence-corrected chi connectivity index (χ2v) is 4.09. The van der Waals surface area contributed by atoms with Gasteiger partial charge in [0.05, 0.1) is 0 Å². The number of hydrogen-bond donors (Lipinski definition) is 1. The molecule has 0 saturated carbocycles. The molecule has 90 valence electrons. The number of nitrogens with one attached hydrogen (secondary N) is 1. The molecule has 0 spiro atoms. The summed E-state index contributed by atoms with van der Waals surface area (Å²) in [6, 6.07) is 11.1. The van der Waals surface area contributed by atoms with Gasteiger partial charge < -0.3 is 5.32 Å². The van der Waals surface area contributed by atoms with Crippen LogP contribution in [0.15, 0.2) is 35.9 Å². The first-order chi connectivity index (χ1) is 7.22. The van der Waals surface area contributed by atoms with Crippen LogP contribution in [0.3, 0.4) is 0 Å². The summed E-state index contributed by atoms with van der Waals surface area (Å²) in [7, 11) is 0.